The monoisotopic (exact) mass is 264 g/mol. The van der Waals surface area contributed by atoms with E-state index in [1.807, 2.05) is 6.92 Å². The molecule has 1 atom stereocenters. The molecule has 7 nitrogen and oxygen atoms in total. The fourth-order valence-corrected chi connectivity index (χ4v) is 2.63. The first-order valence-corrected chi connectivity index (χ1v) is 6.64. The van der Waals surface area contributed by atoms with Crippen molar-refractivity contribution in [2.24, 2.45) is 0 Å². The minimum absolute atomic E-state index is 0.0810. The minimum Gasteiger partial charge on any atom is -0.337 e. The van der Waals surface area contributed by atoms with Gasteiger partial charge in [0.1, 0.15) is 12.6 Å². The number of hydrogen-bond donors (Lipinski definition) is 0. The molecule has 0 spiro atoms. The van der Waals surface area contributed by atoms with Crippen LogP contribution in [0.5, 0.6) is 0 Å². The van der Waals surface area contributed by atoms with Crippen molar-refractivity contribution in [3.05, 3.63) is 11.7 Å². The summed E-state index contributed by atoms with van der Waals surface area (Å²) in [5.74, 6) is 0.770. The number of hydrogen-bond acceptors (Lipinski definition) is 5. The Hall–Kier alpha value is -1.92. The number of carbonyl (C=O) groups is 2. The molecule has 0 N–H and O–H groups in total. The fourth-order valence-electron chi connectivity index (χ4n) is 2.63. The Morgan fingerprint density at radius 3 is 2.89 bits per heavy atom. The van der Waals surface area contributed by atoms with Gasteiger partial charge in [0.2, 0.25) is 5.89 Å². The van der Waals surface area contributed by atoms with Gasteiger partial charge in [0, 0.05) is 13.0 Å². The second-order valence-electron chi connectivity index (χ2n) is 4.87. The molecule has 1 aromatic heterocycles. The van der Waals surface area contributed by atoms with Crippen LogP contribution in [-0.2, 0) is 17.8 Å². The van der Waals surface area contributed by atoms with Crippen molar-refractivity contribution < 1.29 is 14.1 Å². The van der Waals surface area contributed by atoms with Crippen molar-refractivity contribution in [3.8, 4) is 0 Å². The lowest BCUT2D eigenvalue weighted by molar-refractivity contribution is -0.129. The number of imide groups is 1. The molecule has 19 heavy (non-hydrogen) atoms. The molecule has 3 rings (SSSR count). The molecule has 0 saturated carbocycles. The van der Waals surface area contributed by atoms with E-state index in [-0.39, 0.29) is 24.5 Å². The Morgan fingerprint density at radius 1 is 1.37 bits per heavy atom. The van der Waals surface area contributed by atoms with Crippen molar-refractivity contribution in [3.63, 3.8) is 0 Å². The maximum Gasteiger partial charge on any atom is 0.327 e. The van der Waals surface area contributed by atoms with E-state index in [0.717, 1.165) is 19.3 Å². The first-order chi connectivity index (χ1) is 9.20. The average Bonchev–Trinajstić information content (AvgIpc) is 2.99. The van der Waals surface area contributed by atoms with Crippen LogP contribution in [0.1, 0.15) is 37.9 Å². The molecule has 2 aliphatic rings. The van der Waals surface area contributed by atoms with Crippen molar-refractivity contribution in [2.75, 3.05) is 6.54 Å². The zero-order valence-corrected chi connectivity index (χ0v) is 10.8. The van der Waals surface area contributed by atoms with Gasteiger partial charge in [-0.3, -0.25) is 9.69 Å². The van der Waals surface area contributed by atoms with Gasteiger partial charge in [-0.15, -0.1) is 0 Å². The van der Waals surface area contributed by atoms with Crippen LogP contribution < -0.4 is 0 Å². The second kappa shape index (κ2) is 4.64. The molecule has 2 saturated heterocycles. The Labute approximate surface area is 110 Å². The summed E-state index contributed by atoms with van der Waals surface area (Å²) in [7, 11) is 0. The number of fused-ring (bicyclic) bond motifs is 1. The predicted molar refractivity (Wildman–Crippen MR) is 64.0 cm³/mol. The highest BCUT2D eigenvalue weighted by molar-refractivity contribution is 6.04. The third-order valence-corrected chi connectivity index (χ3v) is 3.65. The zero-order chi connectivity index (χ0) is 13.4. The maximum atomic E-state index is 12.2. The molecule has 0 aromatic carbocycles. The van der Waals surface area contributed by atoms with E-state index in [2.05, 4.69) is 10.1 Å². The molecule has 1 unspecified atom stereocenters. The van der Waals surface area contributed by atoms with Crippen molar-refractivity contribution in [1.29, 1.82) is 0 Å². The van der Waals surface area contributed by atoms with Crippen LogP contribution in [-0.4, -0.2) is 44.5 Å². The molecule has 3 amide bonds. The smallest absolute Gasteiger partial charge is 0.327 e. The number of piperidine rings is 1. The molecule has 1 aromatic rings. The summed E-state index contributed by atoms with van der Waals surface area (Å²) in [5, 5.41) is 3.77. The van der Waals surface area contributed by atoms with Gasteiger partial charge in [-0.05, 0) is 19.3 Å². The summed E-state index contributed by atoms with van der Waals surface area (Å²) >= 11 is 0. The zero-order valence-electron chi connectivity index (χ0n) is 10.8. The lowest BCUT2D eigenvalue weighted by Gasteiger charge is -2.25. The molecule has 0 bridgehead atoms. The Kier molecular flexibility index (Phi) is 2.96. The van der Waals surface area contributed by atoms with Crippen LogP contribution >= 0.6 is 0 Å². The first-order valence-electron chi connectivity index (χ1n) is 6.64. The average molecular weight is 264 g/mol. The summed E-state index contributed by atoms with van der Waals surface area (Å²) in [4.78, 5) is 31.4. The highest BCUT2D eigenvalue weighted by Gasteiger charge is 2.46. The minimum atomic E-state index is -0.283. The van der Waals surface area contributed by atoms with Gasteiger partial charge in [0.05, 0.1) is 0 Å². The molecule has 0 radical (unpaired) electrons. The lowest BCUT2D eigenvalue weighted by atomic mass is 10.0. The fraction of sp³-hybridized carbons (Fsp3) is 0.667. The third kappa shape index (κ3) is 1.98. The number of urea groups is 1. The van der Waals surface area contributed by atoms with Crippen LogP contribution in [0.4, 0.5) is 4.79 Å². The number of carbonyl (C=O) groups excluding carboxylic acids is 2. The van der Waals surface area contributed by atoms with Crippen molar-refractivity contribution in [2.45, 2.75) is 45.2 Å². The summed E-state index contributed by atoms with van der Waals surface area (Å²) < 4.78 is 5.04. The van der Waals surface area contributed by atoms with Crippen LogP contribution in [0.25, 0.3) is 0 Å². The van der Waals surface area contributed by atoms with Crippen LogP contribution in [0.15, 0.2) is 4.52 Å². The summed E-state index contributed by atoms with van der Waals surface area (Å²) in [6, 6.07) is -0.513. The second-order valence-corrected chi connectivity index (χ2v) is 4.87. The van der Waals surface area contributed by atoms with Gasteiger partial charge in [-0.2, -0.15) is 4.98 Å². The van der Waals surface area contributed by atoms with Crippen LogP contribution in [0, 0.1) is 0 Å². The number of aromatic nitrogens is 2. The molecule has 3 heterocycles. The lowest BCUT2D eigenvalue weighted by Crippen LogP contribution is -2.38. The predicted octanol–water partition coefficient (Wildman–Crippen LogP) is 0.949. The largest absolute Gasteiger partial charge is 0.337 e. The Balaban J connectivity index is 1.77. The van der Waals surface area contributed by atoms with E-state index < -0.39 is 0 Å². The van der Waals surface area contributed by atoms with Crippen LogP contribution in [0.3, 0.4) is 0 Å². The standard InChI is InChI=1S/C12H16N4O3/c1-2-9-13-10(19-14-9)7-16-11(17)8-5-3-4-6-15(8)12(16)18/h8H,2-7H2,1H3. The number of rotatable bonds is 3. The first kappa shape index (κ1) is 12.1. The third-order valence-electron chi connectivity index (χ3n) is 3.65. The molecule has 102 valence electrons. The summed E-state index contributed by atoms with van der Waals surface area (Å²) in [5.41, 5.74) is 0. The van der Waals surface area contributed by atoms with Crippen molar-refractivity contribution >= 4 is 11.9 Å². The maximum absolute atomic E-state index is 12.2. The van der Waals surface area contributed by atoms with Gasteiger partial charge in [-0.1, -0.05) is 12.1 Å². The van der Waals surface area contributed by atoms with Gasteiger partial charge in [0.15, 0.2) is 5.82 Å². The molecule has 0 aliphatic carbocycles. The van der Waals surface area contributed by atoms with E-state index >= 15 is 0 Å². The molecule has 2 fully saturated rings. The molecule has 2 aliphatic heterocycles. The topological polar surface area (TPSA) is 79.5 Å². The SMILES string of the molecule is CCc1noc(CN2C(=O)C3CCCCN3C2=O)n1. The highest BCUT2D eigenvalue weighted by atomic mass is 16.5. The van der Waals surface area contributed by atoms with Crippen LogP contribution in [0.2, 0.25) is 0 Å². The number of aryl methyl sites for hydroxylation is 1. The van der Waals surface area contributed by atoms with E-state index in [0.29, 0.717) is 24.7 Å². The van der Waals surface area contributed by atoms with E-state index in [1.165, 1.54) is 4.90 Å². The van der Waals surface area contributed by atoms with Gasteiger partial charge < -0.3 is 9.42 Å². The summed E-state index contributed by atoms with van der Waals surface area (Å²) in [6.45, 7) is 2.66. The molecule has 7 heteroatoms. The Bertz CT molecular complexity index is 489. The molecular formula is C12H16N4O3. The van der Waals surface area contributed by atoms with Crippen molar-refractivity contribution in [1.82, 2.24) is 19.9 Å². The van der Waals surface area contributed by atoms with E-state index in [9.17, 15) is 9.59 Å². The highest BCUT2D eigenvalue weighted by Crippen LogP contribution is 2.27. The molecular weight excluding hydrogens is 248 g/mol. The van der Waals surface area contributed by atoms with E-state index in [1.54, 1.807) is 4.90 Å². The quantitative estimate of drug-likeness (QED) is 0.759. The van der Waals surface area contributed by atoms with Gasteiger partial charge in [-0.25, -0.2) is 4.79 Å². The Morgan fingerprint density at radius 2 is 2.21 bits per heavy atom. The number of amides is 3. The number of nitrogens with zero attached hydrogens (tertiary/aromatic N) is 4. The summed E-state index contributed by atoms with van der Waals surface area (Å²) in [6.07, 6.45) is 3.38. The van der Waals surface area contributed by atoms with E-state index in [4.69, 9.17) is 4.52 Å². The van der Waals surface area contributed by atoms with Gasteiger partial charge >= 0.3 is 6.03 Å². The van der Waals surface area contributed by atoms with Gasteiger partial charge in [0.25, 0.3) is 5.91 Å². The normalized spacial score (nSPS) is 23.1.